The van der Waals surface area contributed by atoms with Gasteiger partial charge in [0.05, 0.1) is 17.0 Å². The predicted molar refractivity (Wildman–Crippen MR) is 78.5 cm³/mol. The molecule has 96 valence electrons. The molecule has 1 atom stereocenters. The quantitative estimate of drug-likeness (QED) is 0.912. The lowest BCUT2D eigenvalue weighted by molar-refractivity contribution is 0.199. The van der Waals surface area contributed by atoms with Gasteiger partial charge in [-0.3, -0.25) is 0 Å². The van der Waals surface area contributed by atoms with Gasteiger partial charge in [-0.25, -0.2) is 0 Å². The van der Waals surface area contributed by atoms with E-state index in [9.17, 15) is 5.11 Å². The minimum Gasteiger partial charge on any atom is -0.389 e. The van der Waals surface area contributed by atoms with Gasteiger partial charge < -0.3 is 10.0 Å². The first-order valence-corrected chi connectivity index (χ1v) is 6.99. The summed E-state index contributed by atoms with van der Waals surface area (Å²) >= 11 is 7.52. The van der Waals surface area contributed by atoms with Crippen LogP contribution < -0.4 is 4.90 Å². The molecule has 2 rings (SSSR count). The Balaban J connectivity index is 2.20. The van der Waals surface area contributed by atoms with Crippen molar-refractivity contribution >= 4 is 28.6 Å². The van der Waals surface area contributed by atoms with Gasteiger partial charge in [0.2, 0.25) is 0 Å². The van der Waals surface area contributed by atoms with E-state index < -0.39 is 6.10 Å². The van der Waals surface area contributed by atoms with Gasteiger partial charge in [-0.15, -0.1) is 11.3 Å². The van der Waals surface area contributed by atoms with E-state index in [-0.39, 0.29) is 0 Å². The summed E-state index contributed by atoms with van der Waals surface area (Å²) < 4.78 is 0.808. The molecule has 2 nitrogen and oxygen atoms in total. The summed E-state index contributed by atoms with van der Waals surface area (Å²) in [6.45, 7) is 2.58. The maximum Gasteiger partial charge on any atom is 0.0931 e. The predicted octanol–water partition coefficient (Wildman–Crippen LogP) is 4.09. The van der Waals surface area contributed by atoms with Crippen molar-refractivity contribution in [1.29, 1.82) is 0 Å². The second-order valence-corrected chi connectivity index (χ2v) is 6.10. The minimum atomic E-state index is -0.462. The van der Waals surface area contributed by atoms with E-state index in [1.807, 2.05) is 43.4 Å². The molecule has 0 radical (unpaired) electrons. The van der Waals surface area contributed by atoms with Crippen molar-refractivity contribution in [2.75, 3.05) is 11.9 Å². The molecule has 0 aliphatic carbocycles. The second-order valence-electron chi connectivity index (χ2n) is 4.30. The highest BCUT2D eigenvalue weighted by Crippen LogP contribution is 2.28. The molecule has 1 N–H and O–H groups in total. The molecule has 0 saturated carbocycles. The largest absolute Gasteiger partial charge is 0.389 e. The smallest absolute Gasteiger partial charge is 0.0931 e. The van der Waals surface area contributed by atoms with Crippen molar-refractivity contribution in [2.45, 2.75) is 19.6 Å². The summed E-state index contributed by atoms with van der Waals surface area (Å²) in [5, 5.41) is 9.78. The number of rotatable bonds is 4. The maximum absolute atomic E-state index is 9.78. The molecule has 1 aromatic heterocycles. The molecule has 0 fully saturated rings. The summed E-state index contributed by atoms with van der Waals surface area (Å²) in [7, 11) is 2.02. The van der Waals surface area contributed by atoms with Gasteiger partial charge in [-0.1, -0.05) is 29.8 Å². The Kier molecular flexibility index (Phi) is 4.27. The third-order valence-electron chi connectivity index (χ3n) is 2.82. The third kappa shape index (κ3) is 3.05. The van der Waals surface area contributed by atoms with Crippen molar-refractivity contribution in [1.82, 2.24) is 0 Å². The van der Waals surface area contributed by atoms with Gasteiger partial charge in [0, 0.05) is 23.2 Å². The SMILES string of the molecule is C[C@H](O)c1ccccc1N(C)Cc1ccc(Cl)s1. The van der Waals surface area contributed by atoms with Crippen molar-refractivity contribution in [3.63, 3.8) is 0 Å². The van der Waals surface area contributed by atoms with Gasteiger partial charge in [-0.2, -0.15) is 0 Å². The van der Waals surface area contributed by atoms with Crippen molar-refractivity contribution in [3.05, 3.63) is 51.2 Å². The van der Waals surface area contributed by atoms with Crippen molar-refractivity contribution < 1.29 is 5.11 Å². The van der Waals surface area contributed by atoms with Crippen LogP contribution in [0.15, 0.2) is 36.4 Å². The Hall–Kier alpha value is -1.03. The van der Waals surface area contributed by atoms with Crippen LogP contribution >= 0.6 is 22.9 Å². The van der Waals surface area contributed by atoms with Crippen LogP contribution in [0.4, 0.5) is 5.69 Å². The van der Waals surface area contributed by atoms with Crippen LogP contribution in [0.5, 0.6) is 0 Å². The first-order chi connectivity index (χ1) is 8.58. The maximum atomic E-state index is 9.78. The van der Waals surface area contributed by atoms with E-state index in [1.165, 1.54) is 4.88 Å². The molecule has 0 aliphatic heterocycles. The first-order valence-electron chi connectivity index (χ1n) is 5.80. The Morgan fingerprint density at radius 1 is 1.28 bits per heavy atom. The zero-order valence-corrected chi connectivity index (χ0v) is 12.0. The number of para-hydroxylation sites is 1. The zero-order valence-electron chi connectivity index (χ0n) is 10.4. The molecule has 0 amide bonds. The zero-order chi connectivity index (χ0) is 13.1. The molecule has 18 heavy (non-hydrogen) atoms. The van der Waals surface area contributed by atoms with Crippen LogP contribution in [0.2, 0.25) is 4.34 Å². The van der Waals surface area contributed by atoms with E-state index in [2.05, 4.69) is 4.90 Å². The van der Waals surface area contributed by atoms with Crippen LogP contribution in [-0.2, 0) is 6.54 Å². The second kappa shape index (κ2) is 5.74. The van der Waals surface area contributed by atoms with E-state index in [0.717, 1.165) is 22.1 Å². The number of nitrogens with zero attached hydrogens (tertiary/aromatic N) is 1. The number of aliphatic hydroxyl groups excluding tert-OH is 1. The van der Waals surface area contributed by atoms with Gasteiger partial charge >= 0.3 is 0 Å². The molecule has 2 aromatic rings. The first kappa shape index (κ1) is 13.4. The van der Waals surface area contributed by atoms with E-state index in [4.69, 9.17) is 11.6 Å². The molecular formula is C14H16ClNOS. The van der Waals surface area contributed by atoms with Gasteiger partial charge in [-0.05, 0) is 25.1 Å². The number of thiophene rings is 1. The molecule has 0 bridgehead atoms. The van der Waals surface area contributed by atoms with Crippen LogP contribution in [0.3, 0.4) is 0 Å². The summed E-state index contributed by atoms with van der Waals surface area (Å²) in [5.74, 6) is 0. The molecular weight excluding hydrogens is 266 g/mol. The molecule has 0 aliphatic rings. The number of aliphatic hydroxyl groups is 1. The van der Waals surface area contributed by atoms with Crippen LogP contribution in [-0.4, -0.2) is 12.2 Å². The Bertz CT molecular complexity index is 524. The van der Waals surface area contributed by atoms with Crippen molar-refractivity contribution in [3.8, 4) is 0 Å². The lowest BCUT2D eigenvalue weighted by Gasteiger charge is -2.23. The fraction of sp³-hybridized carbons (Fsp3) is 0.286. The Morgan fingerprint density at radius 3 is 2.61 bits per heavy atom. The van der Waals surface area contributed by atoms with E-state index >= 15 is 0 Å². The van der Waals surface area contributed by atoms with Gasteiger partial charge in [0.1, 0.15) is 0 Å². The monoisotopic (exact) mass is 281 g/mol. The van der Waals surface area contributed by atoms with E-state index in [0.29, 0.717) is 0 Å². The van der Waals surface area contributed by atoms with Gasteiger partial charge in [0.25, 0.3) is 0 Å². The average Bonchev–Trinajstić information content (AvgIpc) is 2.74. The highest BCUT2D eigenvalue weighted by molar-refractivity contribution is 7.16. The summed E-state index contributed by atoms with van der Waals surface area (Å²) in [6, 6.07) is 11.9. The number of anilines is 1. The molecule has 1 aromatic carbocycles. The normalized spacial score (nSPS) is 12.4. The molecule has 0 saturated heterocycles. The highest BCUT2D eigenvalue weighted by atomic mass is 35.5. The fourth-order valence-electron chi connectivity index (χ4n) is 1.94. The number of hydrogen-bond acceptors (Lipinski definition) is 3. The van der Waals surface area contributed by atoms with Gasteiger partial charge in [0.15, 0.2) is 0 Å². The Morgan fingerprint density at radius 2 is 2.00 bits per heavy atom. The number of hydrogen-bond donors (Lipinski definition) is 1. The van der Waals surface area contributed by atoms with E-state index in [1.54, 1.807) is 18.3 Å². The minimum absolute atomic E-state index is 0.462. The fourth-order valence-corrected chi connectivity index (χ4v) is 3.09. The third-order valence-corrected chi connectivity index (χ3v) is 4.04. The lowest BCUT2D eigenvalue weighted by Crippen LogP contribution is -2.17. The highest BCUT2D eigenvalue weighted by Gasteiger charge is 2.11. The molecule has 4 heteroatoms. The molecule has 1 heterocycles. The summed E-state index contributed by atoms with van der Waals surface area (Å²) in [5.41, 5.74) is 2.00. The lowest BCUT2D eigenvalue weighted by atomic mass is 10.1. The molecule has 0 spiro atoms. The Labute approximate surface area is 116 Å². The number of halogens is 1. The standard InChI is InChI=1S/C14H16ClNOS/c1-10(17)12-5-3-4-6-13(12)16(2)9-11-7-8-14(15)18-11/h3-8,10,17H,9H2,1-2H3/t10-/m0/s1. The van der Waals surface area contributed by atoms with Crippen molar-refractivity contribution in [2.24, 2.45) is 0 Å². The van der Waals surface area contributed by atoms with Crippen LogP contribution in [0, 0.1) is 0 Å². The topological polar surface area (TPSA) is 23.5 Å². The summed E-state index contributed by atoms with van der Waals surface area (Å²) in [6.07, 6.45) is -0.462. The van der Waals surface area contributed by atoms with Crippen LogP contribution in [0.25, 0.3) is 0 Å². The molecule has 0 unspecified atom stereocenters. The summed E-state index contributed by atoms with van der Waals surface area (Å²) in [4.78, 5) is 3.34. The van der Waals surface area contributed by atoms with Crippen LogP contribution in [0.1, 0.15) is 23.5 Å². The average molecular weight is 282 g/mol. The number of benzene rings is 1.